The van der Waals surface area contributed by atoms with Crippen LogP contribution in [0.4, 0.5) is 5.69 Å². The molecule has 0 aromatic heterocycles. The van der Waals surface area contributed by atoms with Crippen LogP contribution >= 0.6 is 0 Å². The van der Waals surface area contributed by atoms with Crippen molar-refractivity contribution in [2.24, 2.45) is 0 Å². The summed E-state index contributed by atoms with van der Waals surface area (Å²) in [7, 11) is 5.18. The van der Waals surface area contributed by atoms with Crippen LogP contribution in [-0.4, -0.2) is 59.0 Å². The molecule has 0 radical (unpaired) electrons. The molecule has 4 rings (SSSR count). The summed E-state index contributed by atoms with van der Waals surface area (Å²) in [4.78, 5) is 4.99. The number of aryl methyl sites for hydroxylation is 1. The van der Waals surface area contributed by atoms with Crippen LogP contribution in [0.15, 0.2) is 42.5 Å². The maximum absolute atomic E-state index is 5.58. The first kappa shape index (κ1) is 21.6. The van der Waals surface area contributed by atoms with Gasteiger partial charge in [-0.15, -0.1) is 0 Å². The molecule has 31 heavy (non-hydrogen) atoms. The van der Waals surface area contributed by atoms with Crippen LogP contribution in [0, 0.1) is 0 Å². The molecular formula is C26H34N2O3. The predicted molar refractivity (Wildman–Crippen MR) is 127 cm³/mol. The Morgan fingerprint density at radius 3 is 2.32 bits per heavy atom. The van der Waals surface area contributed by atoms with Crippen molar-refractivity contribution in [3.8, 4) is 17.2 Å². The van der Waals surface area contributed by atoms with Crippen LogP contribution in [0.5, 0.6) is 17.2 Å². The lowest BCUT2D eigenvalue weighted by molar-refractivity contribution is 0.255. The molecule has 0 N–H and O–H groups in total. The van der Waals surface area contributed by atoms with Gasteiger partial charge in [0.15, 0.2) is 0 Å². The summed E-state index contributed by atoms with van der Waals surface area (Å²) in [6.45, 7) is 5.30. The van der Waals surface area contributed by atoms with Crippen molar-refractivity contribution in [1.29, 1.82) is 0 Å². The molecule has 166 valence electrons. The molecule has 1 saturated heterocycles. The Bertz CT molecular complexity index is 917. The smallest absolute Gasteiger partial charge is 0.142 e. The average Bonchev–Trinajstić information content (AvgIpc) is 2.84. The van der Waals surface area contributed by atoms with Crippen LogP contribution in [0.2, 0.25) is 0 Å². The highest BCUT2D eigenvalue weighted by atomic mass is 16.5. The Kier molecular flexibility index (Phi) is 7.03. The van der Waals surface area contributed by atoms with Crippen LogP contribution in [0.25, 0.3) is 5.57 Å². The first-order valence-corrected chi connectivity index (χ1v) is 11.3. The fourth-order valence-corrected chi connectivity index (χ4v) is 4.70. The van der Waals surface area contributed by atoms with E-state index >= 15 is 0 Å². The number of rotatable bonds is 8. The highest BCUT2D eigenvalue weighted by molar-refractivity contribution is 5.71. The standard InChI is InChI=1S/C26H34N2O3/c1-29-22-10-9-21-7-4-6-20(24(21)18-22)8-5-13-27-14-16-28(17-15-27)25-19-23(30-2)11-12-26(25)31-3/h6,9-12,18-19H,4-5,7-8,13-17H2,1-3H3. The number of piperazine rings is 1. The van der Waals surface area contributed by atoms with E-state index in [1.54, 1.807) is 21.3 Å². The summed E-state index contributed by atoms with van der Waals surface area (Å²) in [6.07, 6.45) is 7.03. The number of allylic oxidation sites excluding steroid dienone is 2. The molecule has 0 bridgehead atoms. The number of fused-ring (bicyclic) bond motifs is 1. The van der Waals surface area contributed by atoms with Gasteiger partial charge in [-0.3, -0.25) is 4.90 Å². The van der Waals surface area contributed by atoms with E-state index < -0.39 is 0 Å². The second kappa shape index (κ2) is 10.1. The van der Waals surface area contributed by atoms with Crippen molar-refractivity contribution in [2.45, 2.75) is 25.7 Å². The highest BCUT2D eigenvalue weighted by Crippen LogP contribution is 2.34. The van der Waals surface area contributed by atoms with E-state index in [0.717, 1.165) is 74.9 Å². The maximum Gasteiger partial charge on any atom is 0.142 e. The third-order valence-corrected chi connectivity index (χ3v) is 6.49. The van der Waals surface area contributed by atoms with E-state index in [-0.39, 0.29) is 0 Å². The van der Waals surface area contributed by atoms with E-state index in [4.69, 9.17) is 14.2 Å². The molecule has 0 atom stereocenters. The van der Waals surface area contributed by atoms with Crippen LogP contribution in [0.3, 0.4) is 0 Å². The van der Waals surface area contributed by atoms with Crippen LogP contribution in [0.1, 0.15) is 30.4 Å². The lowest BCUT2D eigenvalue weighted by Crippen LogP contribution is -2.46. The SMILES string of the molecule is COc1ccc2c(c1)C(CCCN1CCN(c3cc(OC)ccc3OC)CC1)=CCC2. The van der Waals surface area contributed by atoms with Crippen molar-refractivity contribution in [2.75, 3.05) is 59.0 Å². The third-order valence-electron chi connectivity index (χ3n) is 6.49. The third kappa shape index (κ3) is 4.99. The molecule has 2 aliphatic rings. The van der Waals surface area contributed by atoms with Crippen molar-refractivity contribution in [3.63, 3.8) is 0 Å². The summed E-state index contributed by atoms with van der Waals surface area (Å²) in [5.41, 5.74) is 5.46. The van der Waals surface area contributed by atoms with Gasteiger partial charge in [-0.05, 0) is 73.2 Å². The molecule has 0 unspecified atom stereocenters. The molecule has 1 aliphatic heterocycles. The van der Waals surface area contributed by atoms with Gasteiger partial charge in [0.25, 0.3) is 0 Å². The van der Waals surface area contributed by atoms with Crippen molar-refractivity contribution < 1.29 is 14.2 Å². The Morgan fingerprint density at radius 2 is 1.58 bits per heavy atom. The fraction of sp³-hybridized carbons (Fsp3) is 0.462. The number of nitrogens with zero attached hydrogens (tertiary/aromatic N) is 2. The molecule has 0 spiro atoms. The normalized spacial score (nSPS) is 16.5. The van der Waals surface area contributed by atoms with E-state index in [1.165, 1.54) is 23.1 Å². The first-order chi connectivity index (χ1) is 15.2. The van der Waals surface area contributed by atoms with E-state index in [1.807, 2.05) is 12.1 Å². The summed E-state index contributed by atoms with van der Waals surface area (Å²) >= 11 is 0. The minimum atomic E-state index is 0.871. The molecule has 0 saturated carbocycles. The van der Waals surface area contributed by atoms with Crippen molar-refractivity contribution in [3.05, 3.63) is 53.6 Å². The number of benzene rings is 2. The molecule has 1 fully saturated rings. The predicted octanol–water partition coefficient (Wildman–Crippen LogP) is 4.64. The molecule has 1 aliphatic carbocycles. The van der Waals surface area contributed by atoms with Gasteiger partial charge in [-0.25, -0.2) is 0 Å². The lowest BCUT2D eigenvalue weighted by atomic mass is 9.88. The molecule has 2 aromatic rings. The summed E-state index contributed by atoms with van der Waals surface area (Å²) in [6, 6.07) is 12.5. The zero-order valence-corrected chi connectivity index (χ0v) is 19.0. The van der Waals surface area contributed by atoms with E-state index in [0.29, 0.717) is 0 Å². The minimum Gasteiger partial charge on any atom is -0.497 e. The molecule has 2 aromatic carbocycles. The lowest BCUT2D eigenvalue weighted by Gasteiger charge is -2.36. The van der Waals surface area contributed by atoms with Crippen molar-refractivity contribution in [1.82, 2.24) is 4.90 Å². The zero-order valence-electron chi connectivity index (χ0n) is 19.0. The van der Waals surface area contributed by atoms with E-state index in [9.17, 15) is 0 Å². The number of anilines is 1. The monoisotopic (exact) mass is 422 g/mol. The van der Waals surface area contributed by atoms with Gasteiger partial charge in [-0.1, -0.05) is 12.1 Å². The minimum absolute atomic E-state index is 0.871. The van der Waals surface area contributed by atoms with Gasteiger partial charge >= 0.3 is 0 Å². The Balaban J connectivity index is 1.30. The highest BCUT2D eigenvalue weighted by Gasteiger charge is 2.21. The topological polar surface area (TPSA) is 34.2 Å². The number of methoxy groups -OCH3 is 3. The average molecular weight is 423 g/mol. The first-order valence-electron chi connectivity index (χ1n) is 11.3. The number of hydrogen-bond acceptors (Lipinski definition) is 5. The zero-order chi connectivity index (χ0) is 21.6. The molecule has 5 heteroatoms. The molecule has 0 amide bonds. The van der Waals surface area contributed by atoms with Crippen LogP contribution in [-0.2, 0) is 6.42 Å². The molecule has 5 nitrogen and oxygen atoms in total. The van der Waals surface area contributed by atoms with Gasteiger partial charge < -0.3 is 19.1 Å². The van der Waals surface area contributed by atoms with Gasteiger partial charge in [0.2, 0.25) is 0 Å². The number of hydrogen-bond donors (Lipinski definition) is 0. The van der Waals surface area contributed by atoms with E-state index in [2.05, 4.69) is 40.1 Å². The molecule has 1 heterocycles. The van der Waals surface area contributed by atoms with Gasteiger partial charge in [-0.2, -0.15) is 0 Å². The Labute approximate surface area is 186 Å². The summed E-state index contributed by atoms with van der Waals surface area (Å²) in [5, 5.41) is 0. The van der Waals surface area contributed by atoms with Crippen molar-refractivity contribution >= 4 is 11.3 Å². The number of ether oxygens (including phenoxy) is 3. The van der Waals surface area contributed by atoms with Gasteiger partial charge in [0.05, 0.1) is 27.0 Å². The van der Waals surface area contributed by atoms with Gasteiger partial charge in [0, 0.05) is 32.2 Å². The Hall–Kier alpha value is -2.66. The summed E-state index contributed by atoms with van der Waals surface area (Å²) < 4.78 is 16.4. The fourth-order valence-electron chi connectivity index (χ4n) is 4.70. The molecular weight excluding hydrogens is 388 g/mol. The van der Waals surface area contributed by atoms with Gasteiger partial charge in [0.1, 0.15) is 17.2 Å². The maximum atomic E-state index is 5.58. The summed E-state index contributed by atoms with van der Waals surface area (Å²) in [5.74, 6) is 2.74. The van der Waals surface area contributed by atoms with Crippen LogP contribution < -0.4 is 19.1 Å². The Morgan fingerprint density at radius 1 is 0.839 bits per heavy atom. The second-order valence-electron chi connectivity index (χ2n) is 8.26. The largest absolute Gasteiger partial charge is 0.497 e. The second-order valence-corrected chi connectivity index (χ2v) is 8.26. The quantitative estimate of drug-likeness (QED) is 0.619.